The molecule has 0 saturated heterocycles. The molecule has 1 fully saturated rings. The van der Waals surface area contributed by atoms with Crippen molar-refractivity contribution in [2.45, 2.75) is 25.8 Å². The third kappa shape index (κ3) is 6.92. The van der Waals surface area contributed by atoms with Crippen LogP contribution < -0.4 is 5.32 Å². The van der Waals surface area contributed by atoms with E-state index >= 15 is 0 Å². The summed E-state index contributed by atoms with van der Waals surface area (Å²) in [6, 6.07) is 26.1. The van der Waals surface area contributed by atoms with Crippen molar-refractivity contribution in [3.63, 3.8) is 0 Å². The predicted molar refractivity (Wildman–Crippen MR) is 154 cm³/mol. The van der Waals surface area contributed by atoms with Crippen molar-refractivity contribution in [2.24, 2.45) is 11.8 Å². The topological polar surface area (TPSA) is 104 Å². The Morgan fingerprint density at radius 3 is 2.33 bits per heavy atom. The number of H-pyrrole nitrogens is 1. The summed E-state index contributed by atoms with van der Waals surface area (Å²) in [5.74, 6) is 1.02. The first-order chi connectivity index (χ1) is 19.1. The van der Waals surface area contributed by atoms with E-state index in [1.807, 2.05) is 71.6 Å². The molecule has 2 amide bonds. The van der Waals surface area contributed by atoms with E-state index < -0.39 is 0 Å². The summed E-state index contributed by atoms with van der Waals surface area (Å²) >= 11 is 4.40. The lowest BCUT2D eigenvalue weighted by Gasteiger charge is -2.24. The van der Waals surface area contributed by atoms with Crippen molar-refractivity contribution < 1.29 is 9.59 Å². The van der Waals surface area contributed by atoms with Gasteiger partial charge in [-0.3, -0.25) is 9.59 Å². The van der Waals surface area contributed by atoms with Gasteiger partial charge in [-0.25, -0.2) is 0 Å². The van der Waals surface area contributed by atoms with Crippen molar-refractivity contribution >= 4 is 24.4 Å². The van der Waals surface area contributed by atoms with Crippen LogP contribution >= 0.6 is 12.6 Å². The highest BCUT2D eigenvalue weighted by Gasteiger charge is 2.33. The van der Waals surface area contributed by atoms with Crippen LogP contribution in [0.2, 0.25) is 0 Å². The van der Waals surface area contributed by atoms with Gasteiger partial charge in [0.05, 0.1) is 5.92 Å². The van der Waals surface area contributed by atoms with Gasteiger partial charge in [-0.2, -0.15) is 17.8 Å². The zero-order valence-corrected chi connectivity index (χ0v) is 22.6. The van der Waals surface area contributed by atoms with E-state index in [4.69, 9.17) is 0 Å². The second kappa shape index (κ2) is 12.7. The van der Waals surface area contributed by atoms with Crippen molar-refractivity contribution in [1.29, 1.82) is 0 Å². The highest BCUT2D eigenvalue weighted by atomic mass is 32.1. The quantitative estimate of drug-likeness (QED) is 0.234. The fraction of sp³-hybridized carbons (Fsp3) is 0.300. The van der Waals surface area contributed by atoms with Gasteiger partial charge < -0.3 is 10.2 Å². The predicted octanol–water partition coefficient (Wildman–Crippen LogP) is 4.18. The van der Waals surface area contributed by atoms with Crippen LogP contribution in [0, 0.1) is 11.8 Å². The summed E-state index contributed by atoms with van der Waals surface area (Å²) in [6.07, 6.45) is 2.52. The maximum Gasteiger partial charge on any atom is 0.226 e. The van der Waals surface area contributed by atoms with Crippen molar-refractivity contribution in [2.75, 3.05) is 18.8 Å². The van der Waals surface area contributed by atoms with Gasteiger partial charge in [-0.1, -0.05) is 78.9 Å². The molecule has 5 rings (SSSR count). The molecular weight excluding hydrogens is 508 g/mol. The van der Waals surface area contributed by atoms with E-state index in [9.17, 15) is 9.59 Å². The van der Waals surface area contributed by atoms with E-state index in [2.05, 4.69) is 50.7 Å². The summed E-state index contributed by atoms with van der Waals surface area (Å²) < 4.78 is 0. The standard InChI is InChI=1S/C30H32N6O2S/c37-29(25(20-39)18-21-6-2-1-3-7-21)31-16-17-36(30(38)24-14-15-24)19-22-10-12-23(13-11-22)26-8-4-5-9-27(26)28-32-34-35-33-28/h1-13,24-25,39H,14-20H2,(H,31,37)(H,32,33,34,35). The second-order valence-electron chi connectivity index (χ2n) is 9.87. The van der Waals surface area contributed by atoms with Gasteiger partial charge in [0.15, 0.2) is 0 Å². The molecule has 1 heterocycles. The Hall–Kier alpha value is -3.98. The lowest BCUT2D eigenvalue weighted by atomic mass is 9.98. The first-order valence-electron chi connectivity index (χ1n) is 13.3. The minimum atomic E-state index is -0.216. The van der Waals surface area contributed by atoms with E-state index in [0.29, 0.717) is 37.6 Å². The highest BCUT2D eigenvalue weighted by Crippen LogP contribution is 2.32. The second-order valence-corrected chi connectivity index (χ2v) is 10.2. The number of thiol groups is 1. The Bertz CT molecular complexity index is 1370. The maximum atomic E-state index is 13.1. The average Bonchev–Trinajstić information content (AvgIpc) is 3.69. The number of carbonyl (C=O) groups excluding carboxylic acids is 2. The van der Waals surface area contributed by atoms with E-state index in [1.165, 1.54) is 0 Å². The summed E-state index contributed by atoms with van der Waals surface area (Å²) in [6.45, 7) is 1.37. The molecule has 0 aliphatic heterocycles. The maximum absolute atomic E-state index is 13.1. The molecule has 1 aromatic heterocycles. The molecule has 3 aromatic carbocycles. The normalized spacial score (nSPS) is 13.6. The Balaban J connectivity index is 1.22. The number of benzene rings is 3. The number of amides is 2. The molecule has 0 bridgehead atoms. The Kier molecular flexibility index (Phi) is 8.68. The first kappa shape index (κ1) is 26.6. The fourth-order valence-corrected chi connectivity index (χ4v) is 4.96. The third-order valence-electron chi connectivity index (χ3n) is 6.99. The summed E-state index contributed by atoms with van der Waals surface area (Å²) in [4.78, 5) is 27.8. The Morgan fingerprint density at radius 1 is 0.949 bits per heavy atom. The highest BCUT2D eigenvalue weighted by molar-refractivity contribution is 7.80. The summed E-state index contributed by atoms with van der Waals surface area (Å²) in [7, 11) is 0. The first-order valence-corrected chi connectivity index (χ1v) is 13.9. The SMILES string of the molecule is O=C(NCCN(Cc1ccc(-c2ccccc2-c2nn[nH]n2)cc1)C(=O)C1CC1)C(CS)Cc1ccccc1. The number of rotatable bonds is 12. The van der Waals surface area contributed by atoms with Gasteiger partial charge in [0.25, 0.3) is 0 Å². The van der Waals surface area contributed by atoms with Gasteiger partial charge >= 0.3 is 0 Å². The van der Waals surface area contributed by atoms with Gasteiger partial charge in [0.1, 0.15) is 0 Å². The zero-order valence-electron chi connectivity index (χ0n) is 21.7. The molecular formula is C30H32N6O2S. The van der Waals surface area contributed by atoms with Crippen molar-refractivity contribution in [3.8, 4) is 22.5 Å². The van der Waals surface area contributed by atoms with E-state index in [1.54, 1.807) is 0 Å². The summed E-state index contributed by atoms with van der Waals surface area (Å²) in [5.41, 5.74) is 5.08. The monoisotopic (exact) mass is 540 g/mol. The molecule has 1 saturated carbocycles. The van der Waals surface area contributed by atoms with Crippen LogP contribution in [0.4, 0.5) is 0 Å². The molecule has 1 unspecified atom stereocenters. The van der Waals surface area contributed by atoms with Crippen LogP contribution in [0.25, 0.3) is 22.5 Å². The summed E-state index contributed by atoms with van der Waals surface area (Å²) in [5, 5.41) is 17.5. The molecule has 39 heavy (non-hydrogen) atoms. The molecule has 1 aliphatic carbocycles. The molecule has 0 spiro atoms. The van der Waals surface area contributed by atoms with Gasteiger partial charge in [0, 0.05) is 36.9 Å². The van der Waals surface area contributed by atoms with Crippen molar-refractivity contribution in [3.05, 3.63) is 90.0 Å². The lowest BCUT2D eigenvalue weighted by molar-refractivity contribution is -0.133. The van der Waals surface area contributed by atoms with Crippen LogP contribution in [0.5, 0.6) is 0 Å². The van der Waals surface area contributed by atoms with Crippen LogP contribution in [-0.2, 0) is 22.6 Å². The number of aromatic amines is 1. The van der Waals surface area contributed by atoms with Gasteiger partial charge in [-0.15, -0.1) is 10.2 Å². The van der Waals surface area contributed by atoms with Crippen LogP contribution in [0.3, 0.4) is 0 Å². The van der Waals surface area contributed by atoms with Crippen LogP contribution in [0.15, 0.2) is 78.9 Å². The Morgan fingerprint density at radius 2 is 1.67 bits per heavy atom. The third-order valence-corrected chi connectivity index (χ3v) is 7.43. The zero-order chi connectivity index (χ0) is 27.0. The molecule has 8 nitrogen and oxygen atoms in total. The number of hydrogen-bond acceptors (Lipinski definition) is 6. The number of tetrazole rings is 1. The van der Waals surface area contributed by atoms with Crippen molar-refractivity contribution in [1.82, 2.24) is 30.8 Å². The van der Waals surface area contributed by atoms with E-state index in [0.717, 1.165) is 40.7 Å². The van der Waals surface area contributed by atoms with E-state index in [-0.39, 0.29) is 23.7 Å². The minimum absolute atomic E-state index is 0.0303. The van der Waals surface area contributed by atoms with Crippen LogP contribution in [0.1, 0.15) is 24.0 Å². The number of nitrogens with one attached hydrogen (secondary N) is 2. The van der Waals surface area contributed by atoms with Gasteiger partial charge in [0.2, 0.25) is 17.6 Å². The Labute approximate surface area is 233 Å². The molecule has 2 N–H and O–H groups in total. The largest absolute Gasteiger partial charge is 0.354 e. The number of nitrogens with zero attached hydrogens (tertiary/aromatic N) is 4. The lowest BCUT2D eigenvalue weighted by Crippen LogP contribution is -2.41. The van der Waals surface area contributed by atoms with Crippen LogP contribution in [-0.4, -0.2) is 56.2 Å². The molecule has 9 heteroatoms. The number of carbonyl (C=O) groups is 2. The molecule has 4 aromatic rings. The number of aromatic nitrogens is 4. The van der Waals surface area contributed by atoms with Gasteiger partial charge in [-0.05, 0) is 46.7 Å². The number of hydrogen-bond donors (Lipinski definition) is 3. The fourth-order valence-electron chi connectivity index (χ4n) is 4.67. The molecule has 1 aliphatic rings. The average molecular weight is 541 g/mol. The molecule has 1 atom stereocenters. The minimum Gasteiger partial charge on any atom is -0.354 e. The smallest absolute Gasteiger partial charge is 0.226 e. The molecule has 0 radical (unpaired) electrons. The molecule has 200 valence electrons.